The van der Waals surface area contributed by atoms with Crippen LogP contribution in [0.4, 0.5) is 17.2 Å². The fraction of sp³-hybridized carbons (Fsp3) is 0.0870. The highest BCUT2D eigenvalue weighted by molar-refractivity contribution is 6.71. The van der Waals surface area contributed by atoms with E-state index in [9.17, 15) is 14.7 Å². The second-order valence-corrected chi connectivity index (χ2v) is 7.09. The monoisotopic (exact) mass is 444 g/mol. The molecule has 0 spiro atoms. The van der Waals surface area contributed by atoms with E-state index in [-0.39, 0.29) is 11.3 Å². The Morgan fingerprint density at radius 1 is 1.18 bits per heavy atom. The van der Waals surface area contributed by atoms with Crippen LogP contribution >= 0.6 is 0 Å². The number of carbonyl (C=O) groups is 2. The number of hydrogen-bond acceptors (Lipinski definition) is 8. The number of carboxylic acids is 1. The number of aromatic nitrogens is 1. The summed E-state index contributed by atoms with van der Waals surface area (Å²) in [5, 5.41) is 19.0. The third kappa shape index (κ3) is 4.22. The van der Waals surface area contributed by atoms with Crippen LogP contribution in [0.25, 0.3) is 11.1 Å². The number of benzene rings is 2. The topological polar surface area (TPSA) is 142 Å². The molecule has 0 saturated heterocycles. The number of nitrogens with zero attached hydrogens (tertiary/aromatic N) is 4. The van der Waals surface area contributed by atoms with E-state index in [2.05, 4.69) is 20.6 Å². The number of nitrogens with two attached hydrogens (primary N) is 1. The highest BCUT2D eigenvalue weighted by Crippen LogP contribution is 2.37. The molecule has 2 aromatic carbocycles. The maximum Gasteiger partial charge on any atom is 0.335 e. The van der Waals surface area contributed by atoms with Crippen LogP contribution in [0.15, 0.2) is 71.0 Å². The van der Waals surface area contributed by atoms with Crippen molar-refractivity contribution < 1.29 is 19.4 Å². The number of pyridine rings is 1. The number of carbonyl (C=O) groups excluding carboxylic acids is 1. The van der Waals surface area contributed by atoms with Crippen molar-refractivity contribution in [3.63, 3.8) is 0 Å². The first kappa shape index (κ1) is 21.5. The minimum absolute atomic E-state index is 0.132. The van der Waals surface area contributed by atoms with E-state index in [1.807, 2.05) is 0 Å². The molecule has 3 aromatic rings. The van der Waals surface area contributed by atoms with Gasteiger partial charge in [0.2, 0.25) is 0 Å². The van der Waals surface area contributed by atoms with Gasteiger partial charge in [-0.25, -0.2) is 9.78 Å². The molecule has 0 saturated carbocycles. The Labute approximate surface area is 189 Å². The quantitative estimate of drug-likeness (QED) is 0.495. The van der Waals surface area contributed by atoms with E-state index in [4.69, 9.17) is 10.5 Å². The molecule has 10 nitrogen and oxygen atoms in total. The van der Waals surface area contributed by atoms with Crippen molar-refractivity contribution in [2.24, 2.45) is 10.2 Å². The molecular weight excluding hydrogens is 424 g/mol. The Kier molecular flexibility index (Phi) is 5.73. The predicted molar refractivity (Wildman–Crippen MR) is 126 cm³/mol. The summed E-state index contributed by atoms with van der Waals surface area (Å²) >= 11 is 0. The lowest BCUT2D eigenvalue weighted by molar-refractivity contribution is -0.112. The largest absolute Gasteiger partial charge is 0.494 e. The highest BCUT2D eigenvalue weighted by atomic mass is 16.5. The molecule has 0 fully saturated rings. The first-order valence-electron chi connectivity index (χ1n) is 9.85. The molecule has 10 heteroatoms. The molecule has 4 rings (SSSR count). The lowest BCUT2D eigenvalue weighted by atomic mass is 10.0. The molecule has 0 atom stereocenters. The Morgan fingerprint density at radius 2 is 1.97 bits per heavy atom. The molecule has 1 aliphatic heterocycles. The Hall–Kier alpha value is -4.73. The van der Waals surface area contributed by atoms with Crippen LogP contribution in [0.5, 0.6) is 5.75 Å². The number of nitrogens with one attached hydrogen (secondary N) is 1. The van der Waals surface area contributed by atoms with Crippen LogP contribution in [0.2, 0.25) is 0 Å². The summed E-state index contributed by atoms with van der Waals surface area (Å²) in [5.74, 6) is -0.658. The van der Waals surface area contributed by atoms with Crippen LogP contribution in [-0.4, -0.2) is 40.5 Å². The molecule has 4 N–H and O–H groups in total. The van der Waals surface area contributed by atoms with E-state index in [0.717, 1.165) is 0 Å². The minimum Gasteiger partial charge on any atom is -0.494 e. The lowest BCUT2D eigenvalue weighted by Gasteiger charge is -2.14. The maximum atomic E-state index is 12.9. The van der Waals surface area contributed by atoms with Crippen LogP contribution in [0, 0.1) is 0 Å². The predicted octanol–water partition coefficient (Wildman–Crippen LogP) is 3.23. The summed E-state index contributed by atoms with van der Waals surface area (Å²) in [4.78, 5) is 28.2. The van der Waals surface area contributed by atoms with Crippen LogP contribution in [-0.2, 0) is 4.79 Å². The molecule has 0 unspecified atom stereocenters. The van der Waals surface area contributed by atoms with Crippen molar-refractivity contribution >= 4 is 40.5 Å². The number of nitrogen functional groups attached to an aromatic ring is 1. The van der Waals surface area contributed by atoms with Crippen LogP contribution in [0.1, 0.15) is 17.3 Å². The van der Waals surface area contributed by atoms with Gasteiger partial charge in [0.05, 0.1) is 36.0 Å². The van der Waals surface area contributed by atoms with Crippen molar-refractivity contribution in [3.8, 4) is 16.9 Å². The molecule has 1 aliphatic rings. The molecule has 2 heterocycles. The van der Waals surface area contributed by atoms with Crippen molar-refractivity contribution in [3.05, 3.63) is 66.4 Å². The normalized spacial score (nSPS) is 14.4. The standard InChI is InChI=1S/C23H20N6O4/c1-13-20(22(30)29(28-13)16-9-10-19(24)25-12-16)27-26-18-8-4-7-17(21(18)33-2)14-5-3-6-15(11-14)23(31)32/h3-12,26H,1-2H3,(H2,24,25)(H,31,32)/b27-20+. The number of hydrazone groups is 2. The van der Waals surface area contributed by atoms with Gasteiger partial charge in [-0.1, -0.05) is 24.3 Å². The molecule has 0 radical (unpaired) electrons. The van der Waals surface area contributed by atoms with Gasteiger partial charge in [0, 0.05) is 5.56 Å². The molecule has 1 amide bonds. The SMILES string of the molecule is COc1c(N/N=C2/C(=O)N(c3ccc(N)nc3)N=C2C)cccc1-c1cccc(C(=O)O)c1. The zero-order chi connectivity index (χ0) is 23.5. The van der Waals surface area contributed by atoms with Crippen molar-refractivity contribution in [1.82, 2.24) is 4.98 Å². The molecule has 0 aliphatic carbocycles. The summed E-state index contributed by atoms with van der Waals surface area (Å²) in [6.45, 7) is 1.67. The van der Waals surface area contributed by atoms with Gasteiger partial charge in [-0.3, -0.25) is 10.2 Å². The van der Waals surface area contributed by atoms with Gasteiger partial charge < -0.3 is 15.6 Å². The summed E-state index contributed by atoms with van der Waals surface area (Å²) in [6, 6.07) is 15.1. The van der Waals surface area contributed by atoms with Crippen molar-refractivity contribution in [1.29, 1.82) is 0 Å². The van der Waals surface area contributed by atoms with E-state index in [1.54, 1.807) is 55.5 Å². The van der Waals surface area contributed by atoms with E-state index < -0.39 is 11.9 Å². The van der Waals surface area contributed by atoms with Crippen LogP contribution < -0.4 is 20.9 Å². The lowest BCUT2D eigenvalue weighted by Crippen LogP contribution is -2.28. The van der Waals surface area contributed by atoms with E-state index in [1.165, 1.54) is 24.4 Å². The van der Waals surface area contributed by atoms with Gasteiger partial charge in [0.25, 0.3) is 0 Å². The van der Waals surface area contributed by atoms with Gasteiger partial charge in [0.15, 0.2) is 11.5 Å². The van der Waals surface area contributed by atoms with E-state index >= 15 is 0 Å². The maximum absolute atomic E-state index is 12.9. The second-order valence-electron chi connectivity index (χ2n) is 7.09. The van der Waals surface area contributed by atoms with Crippen molar-refractivity contribution in [2.75, 3.05) is 23.3 Å². The average Bonchev–Trinajstić information content (AvgIpc) is 3.11. The van der Waals surface area contributed by atoms with Crippen LogP contribution in [0.3, 0.4) is 0 Å². The zero-order valence-corrected chi connectivity index (χ0v) is 17.8. The number of carboxylic acid groups (broad SMARTS) is 1. The highest BCUT2D eigenvalue weighted by Gasteiger charge is 2.31. The Balaban J connectivity index is 1.63. The first-order valence-corrected chi connectivity index (χ1v) is 9.85. The summed E-state index contributed by atoms with van der Waals surface area (Å²) < 4.78 is 5.58. The number of aromatic carboxylic acids is 1. The average molecular weight is 444 g/mol. The molecule has 33 heavy (non-hydrogen) atoms. The number of amides is 1. The van der Waals surface area contributed by atoms with Gasteiger partial charge in [-0.15, -0.1) is 0 Å². The number of methoxy groups -OCH3 is 1. The molecular formula is C23H20N6O4. The number of para-hydroxylation sites is 1. The van der Waals surface area contributed by atoms with Gasteiger partial charge in [-0.05, 0) is 42.8 Å². The number of ether oxygens (including phenoxy) is 1. The van der Waals surface area contributed by atoms with Gasteiger partial charge >= 0.3 is 11.9 Å². The minimum atomic E-state index is -1.02. The fourth-order valence-corrected chi connectivity index (χ4v) is 3.33. The number of rotatable bonds is 6. The number of hydrogen-bond donors (Lipinski definition) is 3. The third-order valence-electron chi connectivity index (χ3n) is 4.93. The number of anilines is 3. The fourth-order valence-electron chi connectivity index (χ4n) is 3.33. The first-order chi connectivity index (χ1) is 15.9. The third-order valence-corrected chi connectivity index (χ3v) is 4.93. The summed E-state index contributed by atoms with van der Waals surface area (Å²) in [5.41, 5.74) is 11.5. The van der Waals surface area contributed by atoms with Gasteiger partial charge in [0.1, 0.15) is 5.82 Å². The summed E-state index contributed by atoms with van der Waals surface area (Å²) in [6.07, 6.45) is 1.46. The Bertz CT molecular complexity index is 1300. The Morgan fingerprint density at radius 3 is 2.67 bits per heavy atom. The molecule has 0 bridgehead atoms. The molecule has 166 valence electrons. The van der Waals surface area contributed by atoms with E-state index in [0.29, 0.717) is 39.8 Å². The van der Waals surface area contributed by atoms with Gasteiger partial charge in [-0.2, -0.15) is 15.2 Å². The smallest absolute Gasteiger partial charge is 0.335 e. The summed E-state index contributed by atoms with van der Waals surface area (Å²) in [7, 11) is 1.50. The van der Waals surface area contributed by atoms with Crippen molar-refractivity contribution in [2.45, 2.75) is 6.92 Å². The molecule has 1 aromatic heterocycles. The second kappa shape index (κ2) is 8.79. The zero-order valence-electron chi connectivity index (χ0n) is 17.8.